The zero-order chi connectivity index (χ0) is 17.8. The lowest BCUT2D eigenvalue weighted by Crippen LogP contribution is -2.11. The van der Waals surface area contributed by atoms with E-state index in [2.05, 4.69) is 9.44 Å². The molecule has 2 aromatic carbocycles. The molecule has 2 aromatic rings. The molecule has 0 atom stereocenters. The number of hydrogen-bond donors (Lipinski definition) is 2. The molecule has 2 N–H and O–H groups in total. The van der Waals surface area contributed by atoms with Gasteiger partial charge in [-0.1, -0.05) is 41.9 Å². The molecule has 0 unspecified atom stereocenters. The normalized spacial score (nSPS) is 12.2. The third-order valence-electron chi connectivity index (χ3n) is 2.76. The molecule has 0 heterocycles. The molecule has 0 aromatic heterocycles. The maximum atomic E-state index is 12.0. The summed E-state index contributed by atoms with van der Waals surface area (Å²) in [5, 5.41) is 1.12. The van der Waals surface area contributed by atoms with Crippen LogP contribution in [0.5, 0.6) is 0 Å². The van der Waals surface area contributed by atoms with Crippen LogP contribution in [0.3, 0.4) is 0 Å². The van der Waals surface area contributed by atoms with Crippen LogP contribution in [0.2, 0.25) is 5.02 Å². The Morgan fingerprint density at radius 1 is 0.958 bits per heavy atom. The molecule has 0 aliphatic rings. The Bertz CT molecular complexity index is 956. The highest BCUT2D eigenvalue weighted by molar-refractivity contribution is 7.95. The van der Waals surface area contributed by atoms with Crippen molar-refractivity contribution in [1.82, 2.24) is 0 Å². The third-order valence-corrected chi connectivity index (χ3v) is 4.68. The van der Waals surface area contributed by atoms with Crippen LogP contribution in [0, 0.1) is 0 Å². The lowest BCUT2D eigenvalue weighted by atomic mass is 10.2. The van der Waals surface area contributed by atoms with E-state index in [1.807, 2.05) is 6.07 Å². The molecule has 0 spiro atoms. The van der Waals surface area contributed by atoms with E-state index in [1.54, 1.807) is 24.3 Å². The van der Waals surface area contributed by atoms with Crippen molar-refractivity contribution in [3.05, 3.63) is 64.5 Å². The van der Waals surface area contributed by atoms with Crippen LogP contribution in [0.25, 0.3) is 6.08 Å². The summed E-state index contributed by atoms with van der Waals surface area (Å²) in [4.78, 5) is 0. The zero-order valence-electron chi connectivity index (χ0n) is 12.6. The van der Waals surface area contributed by atoms with Gasteiger partial charge in [0.1, 0.15) is 0 Å². The molecule has 9 heteroatoms. The molecular formula is C15H15ClN2O4S2. The zero-order valence-corrected chi connectivity index (χ0v) is 15.0. The summed E-state index contributed by atoms with van der Waals surface area (Å²) in [5.74, 6) is 0. The first kappa shape index (κ1) is 18.3. The van der Waals surface area contributed by atoms with Gasteiger partial charge in [0.15, 0.2) is 0 Å². The number of nitrogens with one attached hydrogen (secondary N) is 2. The molecule has 128 valence electrons. The Morgan fingerprint density at radius 2 is 1.62 bits per heavy atom. The van der Waals surface area contributed by atoms with Crippen molar-refractivity contribution >= 4 is 49.1 Å². The molecule has 0 fully saturated rings. The highest BCUT2D eigenvalue weighted by Gasteiger charge is 2.10. The molecule has 0 aliphatic carbocycles. The van der Waals surface area contributed by atoms with Crippen molar-refractivity contribution in [3.8, 4) is 0 Å². The minimum absolute atomic E-state index is 0.0765. The van der Waals surface area contributed by atoms with Crippen molar-refractivity contribution in [3.63, 3.8) is 0 Å². The van der Waals surface area contributed by atoms with Gasteiger partial charge in [-0.25, -0.2) is 16.8 Å². The molecule has 6 nitrogen and oxygen atoms in total. The quantitative estimate of drug-likeness (QED) is 0.797. The first-order chi connectivity index (χ1) is 11.1. The van der Waals surface area contributed by atoms with Gasteiger partial charge in [0.25, 0.3) is 10.0 Å². The summed E-state index contributed by atoms with van der Waals surface area (Å²) in [6.07, 6.45) is 2.46. The standard InChI is InChI=1S/C15H15ClN2O4S2/c1-23(19,20)18-15-8-7-13(11-14(15)16)17-24(21,22)10-9-12-5-3-2-4-6-12/h2-11,17-18H,1H3. The van der Waals surface area contributed by atoms with E-state index >= 15 is 0 Å². The first-order valence-corrected chi connectivity index (χ1v) is 10.5. The molecule has 24 heavy (non-hydrogen) atoms. The SMILES string of the molecule is CS(=O)(=O)Nc1ccc(NS(=O)(=O)C=Cc2ccccc2)cc1Cl. The Labute approximate surface area is 146 Å². The number of benzene rings is 2. The Balaban J connectivity index is 2.15. The average molecular weight is 387 g/mol. The average Bonchev–Trinajstić information content (AvgIpc) is 2.48. The maximum Gasteiger partial charge on any atom is 0.255 e. The van der Waals surface area contributed by atoms with E-state index < -0.39 is 20.0 Å². The lowest BCUT2D eigenvalue weighted by molar-refractivity contribution is 0.606. The van der Waals surface area contributed by atoms with Gasteiger partial charge in [-0.3, -0.25) is 9.44 Å². The Morgan fingerprint density at radius 3 is 2.21 bits per heavy atom. The van der Waals surface area contributed by atoms with Gasteiger partial charge < -0.3 is 0 Å². The van der Waals surface area contributed by atoms with E-state index in [1.165, 1.54) is 24.3 Å². The predicted octanol–water partition coefficient (Wildman–Crippen LogP) is 3.12. The topological polar surface area (TPSA) is 92.3 Å². The van der Waals surface area contributed by atoms with Gasteiger partial charge in [0, 0.05) is 0 Å². The number of halogens is 1. The molecule has 2 rings (SSSR count). The van der Waals surface area contributed by atoms with Crippen molar-refractivity contribution in [2.45, 2.75) is 0 Å². The maximum absolute atomic E-state index is 12.0. The van der Waals surface area contributed by atoms with Crippen LogP contribution in [0.15, 0.2) is 53.9 Å². The van der Waals surface area contributed by atoms with Gasteiger partial charge in [0.2, 0.25) is 10.0 Å². The lowest BCUT2D eigenvalue weighted by Gasteiger charge is -2.09. The number of rotatable bonds is 6. The van der Waals surface area contributed by atoms with Gasteiger partial charge >= 0.3 is 0 Å². The minimum Gasteiger partial charge on any atom is -0.282 e. The van der Waals surface area contributed by atoms with Crippen molar-refractivity contribution in [2.24, 2.45) is 0 Å². The smallest absolute Gasteiger partial charge is 0.255 e. The largest absolute Gasteiger partial charge is 0.282 e. The fraction of sp³-hybridized carbons (Fsp3) is 0.0667. The van der Waals surface area contributed by atoms with Gasteiger partial charge in [-0.15, -0.1) is 0 Å². The van der Waals surface area contributed by atoms with E-state index in [0.29, 0.717) is 0 Å². The van der Waals surface area contributed by atoms with Crippen LogP contribution in [0.4, 0.5) is 11.4 Å². The van der Waals surface area contributed by atoms with E-state index in [9.17, 15) is 16.8 Å². The Kier molecular flexibility index (Phi) is 5.53. The van der Waals surface area contributed by atoms with E-state index in [0.717, 1.165) is 17.2 Å². The first-order valence-electron chi connectivity index (χ1n) is 6.68. The fourth-order valence-corrected chi connectivity index (χ4v) is 3.51. The summed E-state index contributed by atoms with van der Waals surface area (Å²) in [6, 6.07) is 13.1. The number of hydrogen-bond acceptors (Lipinski definition) is 4. The molecular weight excluding hydrogens is 372 g/mol. The fourth-order valence-electron chi connectivity index (χ4n) is 1.79. The van der Waals surface area contributed by atoms with E-state index in [-0.39, 0.29) is 16.4 Å². The molecule has 0 radical (unpaired) electrons. The number of sulfonamides is 2. The molecule has 0 amide bonds. The monoisotopic (exact) mass is 386 g/mol. The van der Waals surface area contributed by atoms with Gasteiger partial charge in [0.05, 0.1) is 28.1 Å². The number of anilines is 2. The second kappa shape index (κ2) is 7.25. The summed E-state index contributed by atoms with van der Waals surface area (Å²) in [6.45, 7) is 0. The summed E-state index contributed by atoms with van der Waals surface area (Å²) in [7, 11) is -7.20. The minimum atomic E-state index is -3.73. The van der Waals surface area contributed by atoms with Crippen LogP contribution in [0.1, 0.15) is 5.56 Å². The van der Waals surface area contributed by atoms with Crippen LogP contribution < -0.4 is 9.44 Å². The molecule has 0 bridgehead atoms. The summed E-state index contributed by atoms with van der Waals surface area (Å²) >= 11 is 5.96. The summed E-state index contributed by atoms with van der Waals surface area (Å²) < 4.78 is 51.1. The van der Waals surface area contributed by atoms with Crippen molar-refractivity contribution in [2.75, 3.05) is 15.7 Å². The second-order valence-electron chi connectivity index (χ2n) is 4.93. The van der Waals surface area contributed by atoms with Gasteiger partial charge in [-0.05, 0) is 29.8 Å². The highest BCUT2D eigenvalue weighted by atomic mass is 35.5. The predicted molar refractivity (Wildman–Crippen MR) is 97.9 cm³/mol. The molecule has 0 saturated heterocycles. The highest BCUT2D eigenvalue weighted by Crippen LogP contribution is 2.26. The van der Waals surface area contributed by atoms with Crippen molar-refractivity contribution in [1.29, 1.82) is 0 Å². The Hall–Kier alpha value is -2.03. The summed E-state index contributed by atoms with van der Waals surface area (Å²) in [5.41, 5.74) is 1.13. The van der Waals surface area contributed by atoms with Crippen LogP contribution in [-0.4, -0.2) is 23.1 Å². The van der Waals surface area contributed by atoms with E-state index in [4.69, 9.17) is 11.6 Å². The second-order valence-corrected chi connectivity index (χ2v) is 8.65. The molecule has 0 saturated carbocycles. The third kappa shape index (κ3) is 5.88. The van der Waals surface area contributed by atoms with Crippen molar-refractivity contribution < 1.29 is 16.8 Å². The van der Waals surface area contributed by atoms with Gasteiger partial charge in [-0.2, -0.15) is 0 Å². The van der Waals surface area contributed by atoms with Crippen LogP contribution >= 0.6 is 11.6 Å². The molecule has 0 aliphatic heterocycles. The van der Waals surface area contributed by atoms with Crippen LogP contribution in [-0.2, 0) is 20.0 Å².